The monoisotopic (exact) mass is 298 g/mol. The van der Waals surface area contributed by atoms with E-state index in [9.17, 15) is 4.79 Å². The molecule has 1 aromatic heterocycles. The van der Waals surface area contributed by atoms with Gasteiger partial charge >= 0.3 is 0 Å². The lowest BCUT2D eigenvalue weighted by Gasteiger charge is -2.18. The van der Waals surface area contributed by atoms with Crippen LogP contribution in [0.2, 0.25) is 0 Å². The van der Waals surface area contributed by atoms with Crippen LogP contribution in [0.3, 0.4) is 0 Å². The first-order chi connectivity index (χ1) is 7.95. The molecule has 1 aromatic rings. The lowest BCUT2D eigenvalue weighted by atomic mass is 10.3. The van der Waals surface area contributed by atoms with Gasteiger partial charge in [0.25, 0.3) is 5.91 Å². The fraction of sp³-hybridized carbons (Fsp3) is 0.462. The lowest BCUT2D eigenvalue weighted by Crippen LogP contribution is -2.29. The van der Waals surface area contributed by atoms with E-state index < -0.39 is 0 Å². The minimum absolute atomic E-state index is 0.0344. The maximum Gasteiger partial charge on any atom is 0.270 e. The van der Waals surface area contributed by atoms with Crippen LogP contribution < -0.4 is 0 Å². The van der Waals surface area contributed by atoms with Crippen LogP contribution in [-0.4, -0.2) is 29.0 Å². The number of carbonyl (C=O) groups is 1. The summed E-state index contributed by atoms with van der Waals surface area (Å²) in [5.74, 6) is 0.0344. The molecule has 0 bridgehead atoms. The van der Waals surface area contributed by atoms with E-state index >= 15 is 0 Å². The number of carbonyl (C=O) groups excluding carboxylic acids is 1. The molecule has 4 heteroatoms. The zero-order valence-electron chi connectivity index (χ0n) is 10.7. The van der Waals surface area contributed by atoms with E-state index in [1.54, 1.807) is 11.9 Å². The first-order valence-electron chi connectivity index (χ1n) is 5.71. The highest BCUT2D eigenvalue weighted by molar-refractivity contribution is 9.10. The van der Waals surface area contributed by atoms with Crippen molar-refractivity contribution in [3.05, 3.63) is 34.6 Å². The summed E-state index contributed by atoms with van der Waals surface area (Å²) in [6.45, 7) is 9.29. The minimum Gasteiger partial charge on any atom is -0.342 e. The van der Waals surface area contributed by atoms with Gasteiger partial charge in [0, 0.05) is 30.8 Å². The highest BCUT2D eigenvalue weighted by Crippen LogP contribution is 2.17. The molecule has 3 nitrogen and oxygen atoms in total. The average molecular weight is 299 g/mol. The van der Waals surface area contributed by atoms with Crippen LogP contribution in [-0.2, 0) is 6.54 Å². The van der Waals surface area contributed by atoms with Crippen LogP contribution in [0.4, 0.5) is 0 Å². The van der Waals surface area contributed by atoms with E-state index in [1.807, 2.05) is 23.8 Å². The third kappa shape index (κ3) is 3.73. The third-order valence-electron chi connectivity index (χ3n) is 2.40. The molecule has 0 radical (unpaired) electrons. The second-order valence-electron chi connectivity index (χ2n) is 4.36. The number of rotatable bonds is 5. The molecule has 0 aliphatic rings. The Morgan fingerprint density at radius 2 is 2.24 bits per heavy atom. The van der Waals surface area contributed by atoms with Gasteiger partial charge in [-0.25, -0.2) is 0 Å². The summed E-state index contributed by atoms with van der Waals surface area (Å²) in [6.07, 6.45) is 2.96. The molecule has 0 aliphatic heterocycles. The van der Waals surface area contributed by atoms with Crippen molar-refractivity contribution in [3.8, 4) is 0 Å². The van der Waals surface area contributed by atoms with E-state index in [0.717, 1.165) is 28.7 Å². The highest BCUT2D eigenvalue weighted by Gasteiger charge is 2.16. The normalized spacial score (nSPS) is 10.4. The van der Waals surface area contributed by atoms with Crippen LogP contribution in [0.15, 0.2) is 28.9 Å². The summed E-state index contributed by atoms with van der Waals surface area (Å²) in [5, 5.41) is 0. The number of amides is 1. The van der Waals surface area contributed by atoms with Crippen LogP contribution in [0.5, 0.6) is 0 Å². The molecule has 0 saturated heterocycles. The molecule has 0 unspecified atom stereocenters. The highest BCUT2D eigenvalue weighted by atomic mass is 79.9. The van der Waals surface area contributed by atoms with E-state index in [-0.39, 0.29) is 5.91 Å². The molecule has 94 valence electrons. The van der Waals surface area contributed by atoms with Gasteiger partial charge in [0.2, 0.25) is 0 Å². The van der Waals surface area contributed by atoms with Crippen molar-refractivity contribution in [2.24, 2.45) is 0 Å². The Balaban J connectivity index is 2.90. The van der Waals surface area contributed by atoms with Gasteiger partial charge in [0.1, 0.15) is 5.69 Å². The van der Waals surface area contributed by atoms with Gasteiger partial charge < -0.3 is 9.47 Å². The number of hydrogen-bond donors (Lipinski definition) is 0. The molecule has 0 fully saturated rings. The Kier molecular flexibility index (Phi) is 5.00. The van der Waals surface area contributed by atoms with Gasteiger partial charge in [0.05, 0.1) is 0 Å². The Hall–Kier alpha value is -1.03. The molecule has 0 aromatic carbocycles. The Morgan fingerprint density at radius 3 is 2.76 bits per heavy atom. The summed E-state index contributed by atoms with van der Waals surface area (Å²) in [4.78, 5) is 13.9. The summed E-state index contributed by atoms with van der Waals surface area (Å²) in [6, 6.07) is 1.87. The van der Waals surface area contributed by atoms with Crippen molar-refractivity contribution in [1.29, 1.82) is 0 Å². The van der Waals surface area contributed by atoms with Gasteiger partial charge in [-0.1, -0.05) is 19.1 Å². The lowest BCUT2D eigenvalue weighted by molar-refractivity contribution is 0.0796. The molecule has 1 rings (SSSR count). The number of aromatic nitrogens is 1. The molecule has 0 N–H and O–H groups in total. The molecule has 0 spiro atoms. The van der Waals surface area contributed by atoms with Gasteiger partial charge in [-0.15, -0.1) is 0 Å². The maximum absolute atomic E-state index is 12.2. The Labute approximate surface area is 111 Å². The standard InChI is InChI=1S/C13H19BrN2O/c1-5-6-16-9-11(14)7-12(16)13(17)15(4)8-10(2)3/h7,9H,2,5-6,8H2,1,3-4H3. The summed E-state index contributed by atoms with van der Waals surface area (Å²) < 4.78 is 2.93. The molecule has 0 saturated carbocycles. The van der Waals surface area contributed by atoms with Gasteiger partial charge in [-0.05, 0) is 35.3 Å². The van der Waals surface area contributed by atoms with Crippen molar-refractivity contribution >= 4 is 21.8 Å². The minimum atomic E-state index is 0.0344. The van der Waals surface area contributed by atoms with E-state index in [1.165, 1.54) is 0 Å². The van der Waals surface area contributed by atoms with Crippen LogP contribution in [0, 0.1) is 0 Å². The molecular weight excluding hydrogens is 280 g/mol. The number of halogens is 1. The molecule has 0 aliphatic carbocycles. The summed E-state index contributed by atoms with van der Waals surface area (Å²) in [5.41, 5.74) is 1.70. The van der Waals surface area contributed by atoms with Crippen molar-refractivity contribution in [2.45, 2.75) is 26.8 Å². The fourth-order valence-electron chi connectivity index (χ4n) is 1.75. The maximum atomic E-state index is 12.2. The van der Waals surface area contributed by atoms with Crippen LogP contribution in [0.25, 0.3) is 0 Å². The van der Waals surface area contributed by atoms with Crippen molar-refractivity contribution in [2.75, 3.05) is 13.6 Å². The van der Waals surface area contributed by atoms with E-state index in [2.05, 4.69) is 29.4 Å². The Morgan fingerprint density at radius 1 is 1.59 bits per heavy atom. The second-order valence-corrected chi connectivity index (χ2v) is 5.27. The first kappa shape index (κ1) is 14.0. The number of aryl methyl sites for hydroxylation is 1. The predicted molar refractivity (Wildman–Crippen MR) is 74.2 cm³/mol. The SMILES string of the molecule is C=C(C)CN(C)C(=O)c1cc(Br)cn1CCC. The van der Waals surface area contributed by atoms with Crippen molar-refractivity contribution < 1.29 is 4.79 Å². The number of likely N-dealkylation sites (N-methyl/N-ethyl adjacent to an activating group) is 1. The van der Waals surface area contributed by atoms with Crippen LogP contribution in [0.1, 0.15) is 30.8 Å². The smallest absolute Gasteiger partial charge is 0.270 e. The zero-order valence-corrected chi connectivity index (χ0v) is 12.2. The quantitative estimate of drug-likeness (QED) is 0.766. The molecule has 17 heavy (non-hydrogen) atoms. The van der Waals surface area contributed by atoms with Crippen LogP contribution >= 0.6 is 15.9 Å². The van der Waals surface area contributed by atoms with Crippen molar-refractivity contribution in [1.82, 2.24) is 9.47 Å². The molecule has 0 atom stereocenters. The Bertz CT molecular complexity index is 423. The number of nitrogens with zero attached hydrogens (tertiary/aromatic N) is 2. The first-order valence-corrected chi connectivity index (χ1v) is 6.50. The van der Waals surface area contributed by atoms with Gasteiger partial charge in [0.15, 0.2) is 0 Å². The zero-order chi connectivity index (χ0) is 13.0. The number of hydrogen-bond acceptors (Lipinski definition) is 1. The topological polar surface area (TPSA) is 25.2 Å². The van der Waals surface area contributed by atoms with Gasteiger partial charge in [-0.3, -0.25) is 4.79 Å². The fourth-order valence-corrected chi connectivity index (χ4v) is 2.22. The van der Waals surface area contributed by atoms with E-state index in [0.29, 0.717) is 6.54 Å². The summed E-state index contributed by atoms with van der Waals surface area (Å²) in [7, 11) is 1.80. The van der Waals surface area contributed by atoms with Gasteiger partial charge in [-0.2, -0.15) is 0 Å². The summed E-state index contributed by atoms with van der Waals surface area (Å²) >= 11 is 3.41. The molecule has 1 amide bonds. The molecular formula is C13H19BrN2O. The van der Waals surface area contributed by atoms with E-state index in [4.69, 9.17) is 0 Å². The third-order valence-corrected chi connectivity index (χ3v) is 2.83. The average Bonchev–Trinajstić information content (AvgIpc) is 2.58. The molecule has 1 heterocycles. The van der Waals surface area contributed by atoms with Crippen molar-refractivity contribution in [3.63, 3.8) is 0 Å². The largest absolute Gasteiger partial charge is 0.342 e. The predicted octanol–water partition coefficient (Wildman–Crippen LogP) is 3.31. The second kappa shape index (κ2) is 6.05.